The second-order valence-electron chi connectivity index (χ2n) is 4.55. The summed E-state index contributed by atoms with van der Waals surface area (Å²) >= 11 is 6.52. The van der Waals surface area contributed by atoms with Crippen molar-refractivity contribution in [3.8, 4) is 0 Å². The zero-order chi connectivity index (χ0) is 17.3. The van der Waals surface area contributed by atoms with Gasteiger partial charge in [0.25, 0.3) is 0 Å². The Morgan fingerprint density at radius 3 is 2.26 bits per heavy atom. The number of thiophene rings is 1. The molecule has 126 valence electrons. The van der Waals surface area contributed by atoms with E-state index in [4.69, 9.17) is 11.6 Å². The first-order valence-electron chi connectivity index (χ1n) is 6.20. The summed E-state index contributed by atoms with van der Waals surface area (Å²) in [5, 5.41) is 9.90. The second-order valence-corrected chi connectivity index (χ2v) is 8.25. The van der Waals surface area contributed by atoms with E-state index in [1.807, 2.05) is 0 Å². The third-order valence-electron chi connectivity index (χ3n) is 2.90. The number of rotatable bonds is 5. The number of hydrogen-bond acceptors (Lipinski definition) is 4. The van der Waals surface area contributed by atoms with Crippen LogP contribution in [0.15, 0.2) is 40.6 Å². The van der Waals surface area contributed by atoms with E-state index < -0.39 is 27.9 Å². The van der Waals surface area contributed by atoms with Crippen molar-refractivity contribution in [1.29, 1.82) is 0 Å². The van der Waals surface area contributed by atoms with E-state index in [-0.39, 0.29) is 16.3 Å². The molecule has 0 bridgehead atoms. The number of alkyl halides is 3. The van der Waals surface area contributed by atoms with Gasteiger partial charge < -0.3 is 5.11 Å². The van der Waals surface area contributed by atoms with Crippen LogP contribution in [0.2, 0.25) is 4.34 Å². The van der Waals surface area contributed by atoms with Gasteiger partial charge in [-0.15, -0.1) is 11.3 Å². The summed E-state index contributed by atoms with van der Waals surface area (Å²) in [6, 6.07) is 6.60. The lowest BCUT2D eigenvalue weighted by Crippen LogP contribution is -2.28. The largest absolute Gasteiger partial charge is 0.416 e. The maximum absolute atomic E-state index is 12.5. The third kappa shape index (κ3) is 4.67. The quantitative estimate of drug-likeness (QED) is 0.828. The lowest BCUT2D eigenvalue weighted by molar-refractivity contribution is -0.137. The van der Waals surface area contributed by atoms with Gasteiger partial charge in [0.1, 0.15) is 4.21 Å². The molecule has 23 heavy (non-hydrogen) atoms. The van der Waals surface area contributed by atoms with Gasteiger partial charge >= 0.3 is 6.18 Å². The van der Waals surface area contributed by atoms with Crippen molar-refractivity contribution in [2.75, 3.05) is 6.54 Å². The number of benzene rings is 1. The van der Waals surface area contributed by atoms with Gasteiger partial charge in [0.2, 0.25) is 10.0 Å². The fourth-order valence-corrected chi connectivity index (χ4v) is 4.28. The van der Waals surface area contributed by atoms with E-state index in [9.17, 15) is 26.7 Å². The number of aliphatic hydroxyl groups is 1. The molecule has 1 aromatic heterocycles. The SMILES string of the molecule is O=S(=O)(NCC(O)c1ccc(C(F)(F)F)cc1)c1ccc(Cl)s1. The van der Waals surface area contributed by atoms with Gasteiger partial charge in [0.15, 0.2) is 0 Å². The molecule has 0 saturated carbocycles. The Kier molecular flexibility index (Phi) is 5.37. The summed E-state index contributed by atoms with van der Waals surface area (Å²) in [7, 11) is -3.83. The van der Waals surface area contributed by atoms with Gasteiger partial charge in [-0.1, -0.05) is 23.7 Å². The summed E-state index contributed by atoms with van der Waals surface area (Å²) in [6.07, 6.45) is -5.74. The normalized spacial score (nSPS) is 14.0. The Morgan fingerprint density at radius 2 is 1.78 bits per heavy atom. The summed E-state index contributed by atoms with van der Waals surface area (Å²) in [6.45, 7) is -0.372. The first-order valence-corrected chi connectivity index (χ1v) is 8.87. The fraction of sp³-hybridized carbons (Fsp3) is 0.231. The first-order chi connectivity index (χ1) is 10.6. The molecule has 0 amide bonds. The number of hydrogen-bond donors (Lipinski definition) is 2. The molecule has 0 saturated heterocycles. The molecule has 0 aliphatic rings. The molecule has 1 heterocycles. The topological polar surface area (TPSA) is 66.4 Å². The van der Waals surface area contributed by atoms with Gasteiger partial charge in [0.05, 0.1) is 16.0 Å². The molecule has 0 aliphatic carbocycles. The molecule has 4 nitrogen and oxygen atoms in total. The Hall–Kier alpha value is -1.13. The highest BCUT2D eigenvalue weighted by Crippen LogP contribution is 2.30. The monoisotopic (exact) mass is 385 g/mol. The molecule has 1 aromatic carbocycles. The van der Waals surface area contributed by atoms with Gasteiger partial charge in [-0.2, -0.15) is 13.2 Å². The van der Waals surface area contributed by atoms with Crippen LogP contribution >= 0.6 is 22.9 Å². The van der Waals surface area contributed by atoms with Gasteiger partial charge in [-0.3, -0.25) is 0 Å². The summed E-state index contributed by atoms with van der Waals surface area (Å²) < 4.78 is 63.7. The highest BCUT2D eigenvalue weighted by atomic mass is 35.5. The third-order valence-corrected chi connectivity index (χ3v) is 6.05. The van der Waals surface area contributed by atoms with E-state index in [0.29, 0.717) is 4.34 Å². The molecule has 10 heteroatoms. The van der Waals surface area contributed by atoms with Gasteiger partial charge in [-0.25, -0.2) is 13.1 Å². The molecule has 0 radical (unpaired) electrons. The van der Waals surface area contributed by atoms with Crippen LogP contribution in [0.4, 0.5) is 13.2 Å². The maximum Gasteiger partial charge on any atom is 0.416 e. The zero-order valence-electron chi connectivity index (χ0n) is 11.3. The van der Waals surface area contributed by atoms with Gasteiger partial charge in [0, 0.05) is 6.54 Å². The Labute approximate surface area is 139 Å². The lowest BCUT2D eigenvalue weighted by Gasteiger charge is -2.13. The van der Waals surface area contributed by atoms with Gasteiger partial charge in [-0.05, 0) is 29.8 Å². The van der Waals surface area contributed by atoms with Crippen LogP contribution in [-0.2, 0) is 16.2 Å². The number of sulfonamides is 1. The molecule has 0 aliphatic heterocycles. The van der Waals surface area contributed by atoms with Crippen LogP contribution in [0.5, 0.6) is 0 Å². The van der Waals surface area contributed by atoms with Crippen molar-refractivity contribution in [2.24, 2.45) is 0 Å². The summed E-state index contributed by atoms with van der Waals surface area (Å²) in [4.78, 5) is 0. The Morgan fingerprint density at radius 1 is 1.17 bits per heavy atom. The minimum atomic E-state index is -4.47. The van der Waals surface area contributed by atoms with Crippen LogP contribution in [0, 0.1) is 0 Å². The van der Waals surface area contributed by atoms with Crippen molar-refractivity contribution in [2.45, 2.75) is 16.5 Å². The van der Waals surface area contributed by atoms with Crippen LogP contribution in [0.3, 0.4) is 0 Å². The number of nitrogens with one attached hydrogen (secondary N) is 1. The average molecular weight is 386 g/mol. The van der Waals surface area contributed by atoms with Crippen LogP contribution in [-0.4, -0.2) is 20.1 Å². The second kappa shape index (κ2) is 6.78. The molecule has 2 N–H and O–H groups in total. The zero-order valence-corrected chi connectivity index (χ0v) is 13.7. The fourth-order valence-electron chi connectivity index (χ4n) is 1.71. The molecule has 2 aromatic rings. The average Bonchev–Trinajstić information content (AvgIpc) is 2.91. The van der Waals surface area contributed by atoms with Crippen molar-refractivity contribution in [3.05, 3.63) is 51.9 Å². The highest BCUT2D eigenvalue weighted by molar-refractivity contribution is 7.91. The Bertz CT molecular complexity index is 773. The number of halogens is 4. The van der Waals surface area contributed by atoms with Crippen molar-refractivity contribution in [1.82, 2.24) is 4.72 Å². The molecule has 2 rings (SSSR count). The molecule has 1 unspecified atom stereocenters. The molecule has 0 fully saturated rings. The minimum Gasteiger partial charge on any atom is -0.387 e. The van der Waals surface area contributed by atoms with Crippen molar-refractivity contribution < 1.29 is 26.7 Å². The molecule has 1 atom stereocenters. The van der Waals surface area contributed by atoms with Crippen molar-refractivity contribution >= 4 is 33.0 Å². The van der Waals surface area contributed by atoms with E-state index in [1.54, 1.807) is 0 Å². The van der Waals surface area contributed by atoms with E-state index in [1.165, 1.54) is 12.1 Å². The summed E-state index contributed by atoms with van der Waals surface area (Å²) in [5.74, 6) is 0. The molecular formula is C13H11ClF3NO3S2. The standard InChI is InChI=1S/C13H11ClF3NO3S2/c14-11-5-6-12(22-11)23(20,21)18-7-10(19)8-1-3-9(4-2-8)13(15,16)17/h1-6,10,18-19H,7H2. The first kappa shape index (κ1) is 18.2. The molecular weight excluding hydrogens is 375 g/mol. The van der Waals surface area contributed by atoms with E-state index in [0.717, 1.165) is 35.6 Å². The van der Waals surface area contributed by atoms with Crippen molar-refractivity contribution in [3.63, 3.8) is 0 Å². The Balaban J connectivity index is 2.03. The van der Waals surface area contributed by atoms with Crippen LogP contribution < -0.4 is 4.72 Å². The van der Waals surface area contributed by atoms with Crippen LogP contribution in [0.25, 0.3) is 0 Å². The maximum atomic E-state index is 12.5. The predicted molar refractivity (Wildman–Crippen MR) is 80.9 cm³/mol. The number of aliphatic hydroxyl groups excluding tert-OH is 1. The smallest absolute Gasteiger partial charge is 0.387 e. The minimum absolute atomic E-state index is 0.0119. The highest BCUT2D eigenvalue weighted by Gasteiger charge is 2.30. The summed E-state index contributed by atoms with van der Waals surface area (Å²) in [5.41, 5.74) is -0.674. The van der Waals surface area contributed by atoms with Crippen LogP contribution in [0.1, 0.15) is 17.2 Å². The lowest BCUT2D eigenvalue weighted by atomic mass is 10.1. The predicted octanol–water partition coefficient (Wildman–Crippen LogP) is 3.43. The molecule has 0 spiro atoms. The van der Waals surface area contributed by atoms with E-state index >= 15 is 0 Å². The van der Waals surface area contributed by atoms with E-state index in [2.05, 4.69) is 4.72 Å².